The van der Waals surface area contributed by atoms with Crippen LogP contribution in [0.15, 0.2) is 30.5 Å². The molecule has 0 aliphatic carbocycles. The van der Waals surface area contributed by atoms with E-state index in [0.717, 1.165) is 18.3 Å². The molecule has 5 heteroatoms. The fourth-order valence-electron chi connectivity index (χ4n) is 1.61. The molecule has 0 saturated carbocycles. The van der Waals surface area contributed by atoms with Crippen LogP contribution in [0.2, 0.25) is 0 Å². The lowest BCUT2D eigenvalue weighted by Gasteiger charge is -2.08. The van der Waals surface area contributed by atoms with Crippen molar-refractivity contribution < 1.29 is 18.3 Å². The van der Waals surface area contributed by atoms with E-state index < -0.39 is 11.6 Å². The first-order valence-corrected chi connectivity index (χ1v) is 5.10. The maximum Gasteiger partial charge on any atom is 0.213 e. The van der Waals surface area contributed by atoms with Crippen molar-refractivity contribution in [2.45, 2.75) is 0 Å². The lowest BCUT2D eigenvalue weighted by atomic mass is 10.0. The molecule has 1 aromatic carbocycles. The number of aldehydes is 1. The van der Waals surface area contributed by atoms with Crippen LogP contribution in [-0.2, 0) is 0 Å². The average Bonchev–Trinajstić information content (AvgIpc) is 2.39. The van der Waals surface area contributed by atoms with Gasteiger partial charge in [0.05, 0.1) is 13.3 Å². The number of pyridine rings is 1. The smallest absolute Gasteiger partial charge is 0.213 e. The minimum atomic E-state index is -0.606. The van der Waals surface area contributed by atoms with Crippen LogP contribution in [0.4, 0.5) is 8.78 Å². The minimum Gasteiger partial charge on any atom is -0.481 e. The largest absolute Gasteiger partial charge is 0.481 e. The zero-order valence-corrected chi connectivity index (χ0v) is 9.48. The van der Waals surface area contributed by atoms with Crippen LogP contribution in [0, 0.1) is 11.6 Å². The van der Waals surface area contributed by atoms with Gasteiger partial charge in [0.25, 0.3) is 0 Å². The third kappa shape index (κ3) is 2.20. The number of halogens is 2. The van der Waals surface area contributed by atoms with Gasteiger partial charge in [0, 0.05) is 17.2 Å². The Morgan fingerprint density at radius 1 is 1.22 bits per heavy atom. The van der Waals surface area contributed by atoms with E-state index in [9.17, 15) is 13.6 Å². The zero-order chi connectivity index (χ0) is 13.1. The Morgan fingerprint density at radius 2 is 2.00 bits per heavy atom. The number of hydrogen-bond acceptors (Lipinski definition) is 3. The van der Waals surface area contributed by atoms with Crippen LogP contribution in [0.5, 0.6) is 5.88 Å². The van der Waals surface area contributed by atoms with Crippen LogP contribution in [0.25, 0.3) is 11.1 Å². The molecule has 0 atom stereocenters. The molecule has 2 rings (SSSR count). The minimum absolute atomic E-state index is 0.0714. The van der Waals surface area contributed by atoms with E-state index in [1.165, 1.54) is 19.2 Å². The molecule has 0 saturated heterocycles. The molecule has 0 unspecified atom stereocenters. The number of ether oxygens (including phenoxy) is 1. The quantitative estimate of drug-likeness (QED) is 0.785. The molecular formula is C13H9F2NO2. The molecule has 92 valence electrons. The number of carbonyl (C=O) groups excluding carboxylic acids is 1. The fraction of sp³-hybridized carbons (Fsp3) is 0.0769. The molecule has 18 heavy (non-hydrogen) atoms. The summed E-state index contributed by atoms with van der Waals surface area (Å²) >= 11 is 0. The van der Waals surface area contributed by atoms with E-state index in [2.05, 4.69) is 4.98 Å². The van der Waals surface area contributed by atoms with Crippen molar-refractivity contribution in [3.63, 3.8) is 0 Å². The van der Waals surface area contributed by atoms with Crippen LogP contribution >= 0.6 is 0 Å². The van der Waals surface area contributed by atoms with Crippen molar-refractivity contribution >= 4 is 6.29 Å². The van der Waals surface area contributed by atoms with Crippen LogP contribution < -0.4 is 4.74 Å². The maximum atomic E-state index is 13.7. The molecule has 0 spiro atoms. The fourth-order valence-corrected chi connectivity index (χ4v) is 1.61. The monoisotopic (exact) mass is 249 g/mol. The van der Waals surface area contributed by atoms with E-state index >= 15 is 0 Å². The van der Waals surface area contributed by atoms with Crippen LogP contribution in [0.1, 0.15) is 10.4 Å². The highest BCUT2D eigenvalue weighted by atomic mass is 19.1. The highest BCUT2D eigenvalue weighted by Crippen LogP contribution is 2.28. The molecule has 1 heterocycles. The van der Waals surface area contributed by atoms with Crippen LogP contribution in [0.3, 0.4) is 0 Å². The van der Waals surface area contributed by atoms with E-state index in [-0.39, 0.29) is 17.0 Å². The molecule has 0 amide bonds. The summed E-state index contributed by atoms with van der Waals surface area (Å²) in [6.07, 6.45) is 1.47. The molecule has 0 aliphatic rings. The summed E-state index contributed by atoms with van der Waals surface area (Å²) in [5.74, 6) is -0.944. The summed E-state index contributed by atoms with van der Waals surface area (Å²) in [5.41, 5.74) is 0.510. The molecule has 0 aliphatic heterocycles. The first-order chi connectivity index (χ1) is 8.65. The van der Waals surface area contributed by atoms with Crippen molar-refractivity contribution in [2.24, 2.45) is 0 Å². The molecule has 0 fully saturated rings. The van der Waals surface area contributed by atoms with Gasteiger partial charge in [-0.25, -0.2) is 13.8 Å². The Labute approximate surface area is 102 Å². The van der Waals surface area contributed by atoms with E-state index in [4.69, 9.17) is 4.74 Å². The summed E-state index contributed by atoms with van der Waals surface area (Å²) in [6.45, 7) is 0. The van der Waals surface area contributed by atoms with Gasteiger partial charge in [-0.05, 0) is 17.7 Å². The molecule has 2 aromatic rings. The molecule has 0 bridgehead atoms. The predicted molar refractivity (Wildman–Crippen MR) is 61.5 cm³/mol. The first-order valence-electron chi connectivity index (χ1n) is 5.10. The summed E-state index contributed by atoms with van der Waals surface area (Å²) < 4.78 is 31.6. The van der Waals surface area contributed by atoms with E-state index in [0.29, 0.717) is 11.8 Å². The Hall–Kier alpha value is -2.30. The van der Waals surface area contributed by atoms with Gasteiger partial charge >= 0.3 is 0 Å². The summed E-state index contributed by atoms with van der Waals surface area (Å²) in [5, 5.41) is 0. The number of benzene rings is 1. The van der Waals surface area contributed by atoms with Crippen molar-refractivity contribution in [3.8, 4) is 17.0 Å². The van der Waals surface area contributed by atoms with Crippen molar-refractivity contribution in [1.82, 2.24) is 4.98 Å². The number of methoxy groups -OCH3 is 1. The van der Waals surface area contributed by atoms with Gasteiger partial charge in [0.15, 0.2) is 6.29 Å². The second kappa shape index (κ2) is 4.91. The van der Waals surface area contributed by atoms with Gasteiger partial charge in [0.1, 0.15) is 11.6 Å². The highest BCUT2D eigenvalue weighted by molar-refractivity contribution is 5.87. The van der Waals surface area contributed by atoms with E-state index in [1.54, 1.807) is 0 Å². The van der Waals surface area contributed by atoms with Crippen molar-refractivity contribution in [1.29, 1.82) is 0 Å². The standard InChI is InChI=1S/C13H9F2NO2/c1-18-13-5-11(12(15)6-16-13)10-3-2-9(14)4-8(10)7-17/h2-7H,1H3. The van der Waals surface area contributed by atoms with Gasteiger partial charge in [0.2, 0.25) is 5.88 Å². The average molecular weight is 249 g/mol. The topological polar surface area (TPSA) is 39.2 Å². The number of aromatic nitrogens is 1. The maximum absolute atomic E-state index is 13.7. The molecule has 3 nitrogen and oxygen atoms in total. The molecule has 0 radical (unpaired) electrons. The van der Waals surface area contributed by atoms with Crippen molar-refractivity contribution in [3.05, 3.63) is 47.7 Å². The lowest BCUT2D eigenvalue weighted by Crippen LogP contribution is -1.95. The van der Waals surface area contributed by atoms with Gasteiger partial charge in [-0.2, -0.15) is 0 Å². The van der Waals surface area contributed by atoms with Crippen molar-refractivity contribution in [2.75, 3.05) is 7.11 Å². The van der Waals surface area contributed by atoms with Gasteiger partial charge < -0.3 is 4.74 Å². The lowest BCUT2D eigenvalue weighted by molar-refractivity contribution is 0.112. The van der Waals surface area contributed by atoms with Gasteiger partial charge in [-0.1, -0.05) is 6.07 Å². The normalized spacial score (nSPS) is 10.2. The number of hydrogen-bond donors (Lipinski definition) is 0. The molecular weight excluding hydrogens is 240 g/mol. The Balaban J connectivity index is 2.64. The number of nitrogens with zero attached hydrogens (tertiary/aromatic N) is 1. The summed E-state index contributed by atoms with van der Waals surface area (Å²) in [4.78, 5) is 14.6. The Morgan fingerprint density at radius 3 is 2.67 bits per heavy atom. The number of rotatable bonds is 3. The molecule has 1 aromatic heterocycles. The first kappa shape index (κ1) is 12.2. The Bertz CT molecular complexity index is 600. The third-order valence-corrected chi connectivity index (χ3v) is 2.47. The van der Waals surface area contributed by atoms with Gasteiger partial charge in [-0.15, -0.1) is 0 Å². The van der Waals surface area contributed by atoms with Gasteiger partial charge in [-0.3, -0.25) is 4.79 Å². The third-order valence-electron chi connectivity index (χ3n) is 2.47. The number of carbonyl (C=O) groups is 1. The SMILES string of the molecule is COc1cc(-c2ccc(F)cc2C=O)c(F)cn1. The highest BCUT2D eigenvalue weighted by Gasteiger charge is 2.12. The molecule has 0 N–H and O–H groups in total. The Kier molecular flexibility index (Phi) is 3.32. The van der Waals surface area contributed by atoms with E-state index in [1.807, 2.05) is 0 Å². The van der Waals surface area contributed by atoms with Crippen LogP contribution in [-0.4, -0.2) is 18.4 Å². The zero-order valence-electron chi connectivity index (χ0n) is 9.48. The predicted octanol–water partition coefficient (Wildman–Crippen LogP) is 2.85. The second-order valence-electron chi connectivity index (χ2n) is 3.56. The second-order valence-corrected chi connectivity index (χ2v) is 3.56. The summed E-state index contributed by atoms with van der Waals surface area (Å²) in [7, 11) is 1.40. The summed E-state index contributed by atoms with van der Waals surface area (Å²) in [6, 6.07) is 4.91.